The number of carbonyl (C=O) groups excluding carboxylic acids is 1. The average Bonchev–Trinajstić information content (AvgIpc) is 2.59. The first-order valence-corrected chi connectivity index (χ1v) is 6.55. The molecule has 0 radical (unpaired) electrons. The van der Waals surface area contributed by atoms with E-state index in [1.807, 2.05) is 23.1 Å². The van der Waals surface area contributed by atoms with Crippen LogP contribution in [0.1, 0.15) is 33.3 Å². The number of amides is 1. The van der Waals surface area contributed by atoms with Crippen LogP contribution in [0, 0.1) is 0 Å². The van der Waals surface area contributed by atoms with Crippen molar-refractivity contribution >= 4 is 11.6 Å². The molecule has 0 spiro atoms. The topological polar surface area (TPSA) is 32.3 Å². The number of benzene rings is 1. The van der Waals surface area contributed by atoms with Gasteiger partial charge in [-0.2, -0.15) is 0 Å². The second-order valence-corrected chi connectivity index (χ2v) is 5.92. The molecule has 1 aliphatic heterocycles. The Morgan fingerprint density at radius 1 is 1.39 bits per heavy atom. The van der Waals surface area contributed by atoms with Gasteiger partial charge in [0.05, 0.1) is 6.54 Å². The predicted molar refractivity (Wildman–Crippen MR) is 75.0 cm³/mol. The van der Waals surface area contributed by atoms with E-state index in [0.29, 0.717) is 12.6 Å². The molecule has 0 unspecified atom stereocenters. The van der Waals surface area contributed by atoms with E-state index in [1.165, 1.54) is 5.56 Å². The van der Waals surface area contributed by atoms with Crippen LogP contribution >= 0.6 is 0 Å². The highest BCUT2D eigenvalue weighted by Gasteiger charge is 2.37. The van der Waals surface area contributed by atoms with Gasteiger partial charge in [-0.1, -0.05) is 45.9 Å². The number of hydrogen-bond acceptors (Lipinski definition) is 2. The van der Waals surface area contributed by atoms with Gasteiger partial charge in [0.15, 0.2) is 0 Å². The van der Waals surface area contributed by atoms with Gasteiger partial charge in [-0.25, -0.2) is 0 Å². The minimum atomic E-state index is 0.0457. The zero-order chi connectivity index (χ0) is 13.3. The fraction of sp³-hybridized carbons (Fsp3) is 0.533. The van der Waals surface area contributed by atoms with Crippen LogP contribution in [0.2, 0.25) is 0 Å². The van der Waals surface area contributed by atoms with Crippen LogP contribution in [0.3, 0.4) is 0 Å². The fourth-order valence-electron chi connectivity index (χ4n) is 2.46. The van der Waals surface area contributed by atoms with Crippen molar-refractivity contribution < 1.29 is 4.79 Å². The third-order valence-electron chi connectivity index (χ3n) is 3.44. The Labute approximate surface area is 109 Å². The van der Waals surface area contributed by atoms with E-state index in [0.717, 1.165) is 12.2 Å². The van der Waals surface area contributed by atoms with Crippen LogP contribution < -0.4 is 10.2 Å². The Morgan fingerprint density at radius 3 is 2.72 bits per heavy atom. The van der Waals surface area contributed by atoms with Gasteiger partial charge in [-0.05, 0) is 11.6 Å². The first kappa shape index (κ1) is 13.1. The fourth-order valence-corrected chi connectivity index (χ4v) is 2.46. The number of hydrogen-bond donors (Lipinski definition) is 1. The highest BCUT2D eigenvalue weighted by atomic mass is 16.2. The lowest BCUT2D eigenvalue weighted by Gasteiger charge is -2.21. The summed E-state index contributed by atoms with van der Waals surface area (Å²) in [6, 6.07) is 8.53. The van der Waals surface area contributed by atoms with E-state index in [4.69, 9.17) is 0 Å². The van der Waals surface area contributed by atoms with Crippen LogP contribution in [0.15, 0.2) is 24.3 Å². The molecule has 2 rings (SSSR count). The third kappa shape index (κ3) is 2.41. The normalized spacial score (nSPS) is 17.1. The van der Waals surface area contributed by atoms with Crippen molar-refractivity contribution in [2.75, 3.05) is 18.0 Å². The molecule has 1 aromatic carbocycles. The standard InChI is InChI=1S/C15H22N2O/c1-11(2)16-9-14(18)17-10-15(3,4)12-7-5-6-8-13(12)17/h5-8,11,16H,9-10H2,1-4H3. The largest absolute Gasteiger partial charge is 0.310 e. The first-order chi connectivity index (χ1) is 8.42. The molecule has 0 saturated carbocycles. The molecule has 1 aliphatic rings. The van der Waals surface area contributed by atoms with Gasteiger partial charge in [0.1, 0.15) is 0 Å². The summed E-state index contributed by atoms with van der Waals surface area (Å²) < 4.78 is 0. The number of rotatable bonds is 3. The first-order valence-electron chi connectivity index (χ1n) is 6.55. The Balaban J connectivity index is 2.20. The highest BCUT2D eigenvalue weighted by Crippen LogP contribution is 2.39. The van der Waals surface area contributed by atoms with Crippen molar-refractivity contribution in [2.45, 2.75) is 39.2 Å². The molecule has 1 aromatic rings. The van der Waals surface area contributed by atoms with Crippen molar-refractivity contribution in [3.63, 3.8) is 0 Å². The van der Waals surface area contributed by atoms with Crippen LogP contribution in [-0.2, 0) is 10.2 Å². The summed E-state index contributed by atoms with van der Waals surface area (Å²) >= 11 is 0. The molecular formula is C15H22N2O. The van der Waals surface area contributed by atoms with E-state index in [9.17, 15) is 4.79 Å². The molecule has 1 amide bonds. The lowest BCUT2D eigenvalue weighted by atomic mass is 9.87. The Morgan fingerprint density at radius 2 is 2.06 bits per heavy atom. The van der Waals surface area contributed by atoms with Gasteiger partial charge in [0.25, 0.3) is 0 Å². The molecule has 1 N–H and O–H groups in total. The summed E-state index contributed by atoms with van der Waals surface area (Å²) in [5.74, 6) is 0.154. The highest BCUT2D eigenvalue weighted by molar-refractivity contribution is 5.97. The molecule has 0 saturated heterocycles. The minimum absolute atomic E-state index is 0.0457. The van der Waals surface area contributed by atoms with Crippen LogP contribution in [0.4, 0.5) is 5.69 Å². The summed E-state index contributed by atoms with van der Waals surface area (Å²) in [4.78, 5) is 14.2. The number of carbonyl (C=O) groups is 1. The van der Waals surface area contributed by atoms with E-state index >= 15 is 0 Å². The maximum absolute atomic E-state index is 12.3. The molecule has 18 heavy (non-hydrogen) atoms. The maximum atomic E-state index is 12.3. The second-order valence-electron chi connectivity index (χ2n) is 5.92. The number of nitrogens with zero attached hydrogens (tertiary/aromatic N) is 1. The van der Waals surface area contributed by atoms with Crippen molar-refractivity contribution in [2.24, 2.45) is 0 Å². The van der Waals surface area contributed by atoms with Crippen LogP contribution in [-0.4, -0.2) is 25.0 Å². The Bertz CT molecular complexity index is 452. The average molecular weight is 246 g/mol. The maximum Gasteiger partial charge on any atom is 0.240 e. The molecule has 3 nitrogen and oxygen atoms in total. The van der Waals surface area contributed by atoms with E-state index in [-0.39, 0.29) is 11.3 Å². The smallest absolute Gasteiger partial charge is 0.240 e. The van der Waals surface area contributed by atoms with Crippen LogP contribution in [0.25, 0.3) is 0 Å². The van der Waals surface area contributed by atoms with Crippen molar-refractivity contribution in [1.82, 2.24) is 5.32 Å². The number of para-hydroxylation sites is 1. The molecule has 0 fully saturated rings. The summed E-state index contributed by atoms with van der Waals surface area (Å²) in [5, 5.41) is 3.19. The second kappa shape index (κ2) is 4.73. The quantitative estimate of drug-likeness (QED) is 0.887. The molecule has 1 heterocycles. The van der Waals surface area contributed by atoms with Crippen molar-refractivity contribution in [3.05, 3.63) is 29.8 Å². The Hall–Kier alpha value is -1.35. The summed E-state index contributed by atoms with van der Waals surface area (Å²) in [6.45, 7) is 9.65. The van der Waals surface area contributed by atoms with Gasteiger partial charge in [-0.3, -0.25) is 4.79 Å². The molecule has 98 valence electrons. The van der Waals surface area contributed by atoms with Gasteiger partial charge < -0.3 is 10.2 Å². The summed E-state index contributed by atoms with van der Waals surface area (Å²) in [7, 11) is 0. The molecule has 0 atom stereocenters. The molecule has 0 bridgehead atoms. The number of nitrogens with one attached hydrogen (secondary N) is 1. The van der Waals surface area contributed by atoms with Gasteiger partial charge in [-0.15, -0.1) is 0 Å². The van der Waals surface area contributed by atoms with Crippen LogP contribution in [0.5, 0.6) is 0 Å². The monoisotopic (exact) mass is 246 g/mol. The molecule has 0 aromatic heterocycles. The van der Waals surface area contributed by atoms with E-state index in [1.54, 1.807) is 0 Å². The lowest BCUT2D eigenvalue weighted by Crippen LogP contribution is -2.41. The van der Waals surface area contributed by atoms with E-state index < -0.39 is 0 Å². The number of fused-ring (bicyclic) bond motifs is 1. The van der Waals surface area contributed by atoms with Crippen molar-refractivity contribution in [1.29, 1.82) is 0 Å². The third-order valence-corrected chi connectivity index (χ3v) is 3.44. The van der Waals surface area contributed by atoms with Gasteiger partial charge >= 0.3 is 0 Å². The summed E-state index contributed by atoms with van der Waals surface area (Å²) in [5.41, 5.74) is 2.38. The molecular weight excluding hydrogens is 224 g/mol. The predicted octanol–water partition coefficient (Wildman–Crippen LogP) is 2.31. The molecule has 3 heteroatoms. The zero-order valence-corrected chi connectivity index (χ0v) is 11.7. The molecule has 0 aliphatic carbocycles. The Kier molecular flexibility index (Phi) is 3.44. The van der Waals surface area contributed by atoms with Gasteiger partial charge in [0, 0.05) is 23.7 Å². The zero-order valence-electron chi connectivity index (χ0n) is 11.7. The number of anilines is 1. The SMILES string of the molecule is CC(C)NCC(=O)N1CC(C)(C)c2ccccc21. The van der Waals surface area contributed by atoms with Gasteiger partial charge in [0.2, 0.25) is 5.91 Å². The van der Waals surface area contributed by atoms with E-state index in [2.05, 4.69) is 39.1 Å². The van der Waals surface area contributed by atoms with Crippen molar-refractivity contribution in [3.8, 4) is 0 Å². The lowest BCUT2D eigenvalue weighted by molar-refractivity contribution is -0.117. The summed E-state index contributed by atoms with van der Waals surface area (Å²) in [6.07, 6.45) is 0. The minimum Gasteiger partial charge on any atom is -0.310 e.